The fraction of sp³-hybridized carbons (Fsp3) is 0.400. The van der Waals surface area contributed by atoms with Crippen molar-refractivity contribution >= 4 is 28.3 Å². The van der Waals surface area contributed by atoms with Crippen LogP contribution in [0.1, 0.15) is 12.5 Å². The van der Waals surface area contributed by atoms with Gasteiger partial charge in [0.2, 0.25) is 0 Å². The van der Waals surface area contributed by atoms with E-state index in [0.29, 0.717) is 0 Å². The Balaban J connectivity index is 2.73. The maximum atomic E-state index is 12.2. The lowest BCUT2D eigenvalue weighted by Crippen LogP contribution is -2.23. The molecule has 0 aliphatic carbocycles. The first-order valence-electron chi connectivity index (χ1n) is 4.31. The maximum Gasteiger partial charge on any atom is 0.258 e. The largest absolute Gasteiger partial charge is 0.377 e. The lowest BCUT2D eigenvalue weighted by Gasteiger charge is -2.14. The highest BCUT2D eigenvalue weighted by molar-refractivity contribution is 14.1. The quantitative estimate of drug-likeness (QED) is 0.840. The van der Waals surface area contributed by atoms with E-state index in [1.54, 1.807) is 0 Å². The second-order valence-electron chi connectivity index (χ2n) is 3.23. The Labute approximate surface area is 96.0 Å². The Hall–Kier alpha value is -0.390. The SMILES string of the molecule is Cc1ccc(NC(C)C(F)F)cc1I. The van der Waals surface area contributed by atoms with Gasteiger partial charge in [-0.05, 0) is 54.1 Å². The molecule has 1 nitrogen and oxygen atoms in total. The van der Waals surface area contributed by atoms with Gasteiger partial charge in [0, 0.05) is 9.26 Å². The average molecular weight is 311 g/mol. The summed E-state index contributed by atoms with van der Waals surface area (Å²) in [6.07, 6.45) is -2.34. The molecule has 1 N–H and O–H groups in total. The molecule has 1 aromatic carbocycles. The summed E-state index contributed by atoms with van der Waals surface area (Å²) in [6, 6.07) is 4.79. The van der Waals surface area contributed by atoms with Crippen LogP contribution in [0, 0.1) is 10.5 Å². The van der Waals surface area contributed by atoms with Gasteiger partial charge in [0.05, 0.1) is 6.04 Å². The molecule has 0 aliphatic rings. The Morgan fingerprint density at radius 2 is 2.00 bits per heavy atom. The molecule has 0 fully saturated rings. The Morgan fingerprint density at radius 3 is 2.50 bits per heavy atom. The molecule has 78 valence electrons. The molecule has 0 saturated carbocycles. The molecular weight excluding hydrogens is 299 g/mol. The topological polar surface area (TPSA) is 12.0 Å². The molecule has 0 heterocycles. The zero-order valence-corrected chi connectivity index (χ0v) is 10.2. The highest BCUT2D eigenvalue weighted by Gasteiger charge is 2.13. The van der Waals surface area contributed by atoms with Crippen molar-refractivity contribution in [2.24, 2.45) is 0 Å². The molecule has 1 unspecified atom stereocenters. The monoisotopic (exact) mass is 311 g/mol. The molecule has 0 bridgehead atoms. The number of hydrogen-bond acceptors (Lipinski definition) is 1. The van der Waals surface area contributed by atoms with E-state index in [0.717, 1.165) is 14.8 Å². The molecule has 0 spiro atoms. The van der Waals surface area contributed by atoms with Crippen LogP contribution in [0.4, 0.5) is 14.5 Å². The van der Waals surface area contributed by atoms with Crippen LogP contribution < -0.4 is 5.32 Å². The normalized spacial score (nSPS) is 13.0. The van der Waals surface area contributed by atoms with Crippen molar-refractivity contribution in [3.05, 3.63) is 27.3 Å². The van der Waals surface area contributed by atoms with E-state index in [1.165, 1.54) is 6.92 Å². The summed E-state index contributed by atoms with van der Waals surface area (Å²) in [5.41, 5.74) is 1.90. The van der Waals surface area contributed by atoms with Crippen molar-refractivity contribution < 1.29 is 8.78 Å². The van der Waals surface area contributed by atoms with Gasteiger partial charge in [-0.3, -0.25) is 0 Å². The van der Waals surface area contributed by atoms with Gasteiger partial charge in [-0.2, -0.15) is 0 Å². The summed E-state index contributed by atoms with van der Waals surface area (Å²) in [7, 11) is 0. The number of alkyl halides is 2. The zero-order valence-electron chi connectivity index (χ0n) is 8.02. The Kier molecular flexibility index (Phi) is 4.10. The summed E-state index contributed by atoms with van der Waals surface area (Å²) >= 11 is 2.19. The highest BCUT2D eigenvalue weighted by atomic mass is 127. The van der Waals surface area contributed by atoms with Gasteiger partial charge in [-0.25, -0.2) is 8.78 Å². The van der Waals surface area contributed by atoms with Crippen molar-refractivity contribution in [3.63, 3.8) is 0 Å². The molecule has 1 atom stereocenters. The predicted molar refractivity (Wildman–Crippen MR) is 63.0 cm³/mol. The zero-order chi connectivity index (χ0) is 10.7. The molecule has 0 radical (unpaired) electrons. The van der Waals surface area contributed by atoms with Crippen LogP contribution in [0.3, 0.4) is 0 Å². The molecule has 14 heavy (non-hydrogen) atoms. The standard InChI is InChI=1S/C10H12F2IN/c1-6-3-4-8(5-9(6)13)14-7(2)10(11)12/h3-5,7,10,14H,1-2H3. The smallest absolute Gasteiger partial charge is 0.258 e. The number of aryl methyl sites for hydroxylation is 1. The van der Waals surface area contributed by atoms with Crippen molar-refractivity contribution in [2.75, 3.05) is 5.32 Å². The van der Waals surface area contributed by atoms with Crippen LogP contribution in [-0.2, 0) is 0 Å². The second-order valence-corrected chi connectivity index (χ2v) is 4.39. The van der Waals surface area contributed by atoms with Gasteiger partial charge < -0.3 is 5.32 Å². The van der Waals surface area contributed by atoms with E-state index in [2.05, 4.69) is 27.9 Å². The second kappa shape index (κ2) is 4.91. The molecule has 1 rings (SSSR count). The summed E-state index contributed by atoms with van der Waals surface area (Å²) in [6.45, 7) is 3.46. The number of hydrogen-bond donors (Lipinski definition) is 1. The van der Waals surface area contributed by atoms with Crippen LogP contribution in [0.5, 0.6) is 0 Å². The number of anilines is 1. The third-order valence-corrected chi connectivity index (χ3v) is 3.11. The summed E-state index contributed by atoms with van der Waals surface area (Å²) in [5, 5.41) is 2.75. The molecular formula is C10H12F2IN. The lowest BCUT2D eigenvalue weighted by atomic mass is 10.2. The molecule has 0 aliphatic heterocycles. The maximum absolute atomic E-state index is 12.2. The van der Waals surface area contributed by atoms with Crippen molar-refractivity contribution in [2.45, 2.75) is 26.3 Å². The summed E-state index contributed by atoms with van der Waals surface area (Å²) < 4.78 is 25.5. The third-order valence-electron chi connectivity index (χ3n) is 1.94. The fourth-order valence-corrected chi connectivity index (χ4v) is 1.52. The van der Waals surface area contributed by atoms with E-state index in [-0.39, 0.29) is 0 Å². The first kappa shape index (κ1) is 11.7. The summed E-state index contributed by atoms with van der Waals surface area (Å²) in [4.78, 5) is 0. The van der Waals surface area contributed by atoms with E-state index in [9.17, 15) is 8.78 Å². The van der Waals surface area contributed by atoms with Crippen molar-refractivity contribution in [3.8, 4) is 0 Å². The van der Waals surface area contributed by atoms with E-state index in [1.807, 2.05) is 25.1 Å². The highest BCUT2D eigenvalue weighted by Crippen LogP contribution is 2.18. The molecule has 0 saturated heterocycles. The minimum atomic E-state index is -2.34. The minimum Gasteiger partial charge on any atom is -0.377 e. The predicted octanol–water partition coefficient (Wildman–Crippen LogP) is 3.67. The molecule has 0 amide bonds. The average Bonchev–Trinajstić information content (AvgIpc) is 2.11. The van der Waals surface area contributed by atoms with Crippen LogP contribution in [0.2, 0.25) is 0 Å². The van der Waals surface area contributed by atoms with Gasteiger partial charge in [0.1, 0.15) is 0 Å². The van der Waals surface area contributed by atoms with E-state index < -0.39 is 12.5 Å². The minimum absolute atomic E-state index is 0.743. The number of rotatable bonds is 3. The Morgan fingerprint density at radius 1 is 1.36 bits per heavy atom. The fourth-order valence-electron chi connectivity index (χ4n) is 1.01. The Bertz CT molecular complexity index is 315. The third kappa shape index (κ3) is 3.08. The van der Waals surface area contributed by atoms with Crippen molar-refractivity contribution in [1.82, 2.24) is 0 Å². The molecule has 4 heteroatoms. The van der Waals surface area contributed by atoms with Crippen molar-refractivity contribution in [1.29, 1.82) is 0 Å². The van der Waals surface area contributed by atoms with Gasteiger partial charge in [0.15, 0.2) is 0 Å². The first-order chi connectivity index (χ1) is 6.50. The van der Waals surface area contributed by atoms with Crippen LogP contribution in [-0.4, -0.2) is 12.5 Å². The number of benzene rings is 1. The first-order valence-corrected chi connectivity index (χ1v) is 5.39. The van der Waals surface area contributed by atoms with Crippen LogP contribution in [0.15, 0.2) is 18.2 Å². The van der Waals surface area contributed by atoms with E-state index in [4.69, 9.17) is 0 Å². The van der Waals surface area contributed by atoms with Gasteiger partial charge >= 0.3 is 0 Å². The van der Waals surface area contributed by atoms with Gasteiger partial charge in [-0.15, -0.1) is 0 Å². The van der Waals surface area contributed by atoms with Gasteiger partial charge in [-0.1, -0.05) is 6.07 Å². The molecule has 1 aromatic rings. The number of nitrogens with one attached hydrogen (secondary N) is 1. The van der Waals surface area contributed by atoms with Crippen LogP contribution >= 0.6 is 22.6 Å². The molecule has 0 aromatic heterocycles. The number of halogens is 3. The lowest BCUT2D eigenvalue weighted by molar-refractivity contribution is 0.131. The van der Waals surface area contributed by atoms with Gasteiger partial charge in [0.25, 0.3) is 6.43 Å². The summed E-state index contributed by atoms with van der Waals surface area (Å²) in [5.74, 6) is 0. The van der Waals surface area contributed by atoms with Crippen LogP contribution in [0.25, 0.3) is 0 Å². The van der Waals surface area contributed by atoms with E-state index >= 15 is 0 Å².